The Morgan fingerprint density at radius 2 is 1.62 bits per heavy atom. The maximum absolute atomic E-state index is 12.7. The lowest BCUT2D eigenvalue weighted by Gasteiger charge is -2.34. The Morgan fingerprint density at radius 3 is 2.33 bits per heavy atom. The third-order valence-electron chi connectivity index (χ3n) is 4.67. The van der Waals surface area contributed by atoms with Gasteiger partial charge < -0.3 is 15.1 Å². The van der Waals surface area contributed by atoms with Crippen molar-refractivity contribution in [2.75, 3.05) is 26.2 Å². The summed E-state index contributed by atoms with van der Waals surface area (Å²) in [6.07, 6.45) is 0. The molecule has 1 N–H and O–H groups in total. The van der Waals surface area contributed by atoms with Crippen LogP contribution in [0, 0.1) is 0 Å². The highest BCUT2D eigenvalue weighted by Gasteiger charge is 2.26. The molecule has 2 amide bonds. The summed E-state index contributed by atoms with van der Waals surface area (Å²) < 4.78 is 0. The summed E-state index contributed by atoms with van der Waals surface area (Å²) in [5.41, 5.74) is 3.24. The van der Waals surface area contributed by atoms with E-state index in [0.29, 0.717) is 26.2 Å². The average Bonchev–Trinajstić information content (AvgIpc) is 3.31. The zero-order valence-electron chi connectivity index (χ0n) is 13.3. The minimum Gasteiger partial charge on any atom is -0.335 e. The Balaban J connectivity index is 1.40. The fourth-order valence-corrected chi connectivity index (χ4v) is 3.97. The number of carbonyl (C=O) groups is 2. The van der Waals surface area contributed by atoms with Crippen LogP contribution in [0.15, 0.2) is 35.7 Å². The van der Waals surface area contributed by atoms with Crippen LogP contribution in [0.4, 0.5) is 0 Å². The molecule has 124 valence electrons. The van der Waals surface area contributed by atoms with Gasteiger partial charge in [0.25, 0.3) is 11.8 Å². The van der Waals surface area contributed by atoms with E-state index in [9.17, 15) is 9.59 Å². The number of fused-ring (bicyclic) bond motifs is 1. The van der Waals surface area contributed by atoms with Crippen LogP contribution in [-0.4, -0.2) is 47.8 Å². The number of rotatable bonds is 2. The van der Waals surface area contributed by atoms with Gasteiger partial charge in [0.05, 0.1) is 4.88 Å². The van der Waals surface area contributed by atoms with Crippen molar-refractivity contribution in [2.24, 2.45) is 0 Å². The first-order chi connectivity index (χ1) is 11.7. The topological polar surface area (TPSA) is 52.7 Å². The zero-order valence-corrected chi connectivity index (χ0v) is 14.1. The molecule has 1 fully saturated rings. The van der Waals surface area contributed by atoms with Gasteiger partial charge in [0.1, 0.15) is 0 Å². The van der Waals surface area contributed by atoms with Crippen molar-refractivity contribution in [1.82, 2.24) is 15.1 Å². The maximum atomic E-state index is 12.7. The molecule has 1 saturated heterocycles. The first-order valence-electron chi connectivity index (χ1n) is 8.17. The summed E-state index contributed by atoms with van der Waals surface area (Å²) in [5.74, 6) is 0.133. The first kappa shape index (κ1) is 15.4. The van der Waals surface area contributed by atoms with Crippen LogP contribution in [0.2, 0.25) is 0 Å². The summed E-state index contributed by atoms with van der Waals surface area (Å²) in [7, 11) is 0. The maximum Gasteiger partial charge on any atom is 0.264 e. The molecule has 0 spiro atoms. The fourth-order valence-electron chi connectivity index (χ4n) is 3.28. The molecular formula is C18H19N3O2S. The Bertz CT molecular complexity index is 765. The van der Waals surface area contributed by atoms with E-state index in [1.807, 2.05) is 45.5 Å². The summed E-state index contributed by atoms with van der Waals surface area (Å²) in [6.45, 7) is 4.08. The van der Waals surface area contributed by atoms with E-state index >= 15 is 0 Å². The van der Waals surface area contributed by atoms with Crippen LogP contribution in [-0.2, 0) is 13.1 Å². The number of piperazine rings is 1. The Hall–Kier alpha value is -2.18. The molecule has 1 aromatic carbocycles. The number of nitrogens with one attached hydrogen (secondary N) is 1. The van der Waals surface area contributed by atoms with Gasteiger partial charge in [0.15, 0.2) is 0 Å². The Morgan fingerprint density at radius 1 is 0.917 bits per heavy atom. The molecule has 3 heterocycles. The summed E-state index contributed by atoms with van der Waals surface area (Å²) in [5, 5.41) is 5.21. The quantitative estimate of drug-likeness (QED) is 0.908. The standard InChI is InChI=1S/C18H19N3O2S/c22-17(13-3-4-14-11-19-12-15(14)10-13)20-5-7-21(8-6-20)18(23)16-2-1-9-24-16/h1-4,9-10,19H,5-8,11-12H2. The highest BCUT2D eigenvalue weighted by atomic mass is 32.1. The number of benzene rings is 1. The van der Waals surface area contributed by atoms with Gasteiger partial charge in [-0.2, -0.15) is 0 Å². The molecule has 6 heteroatoms. The second kappa shape index (κ2) is 6.37. The molecule has 2 aliphatic rings. The molecule has 1 aromatic heterocycles. The molecule has 0 atom stereocenters. The molecular weight excluding hydrogens is 322 g/mol. The molecule has 0 bridgehead atoms. The van der Waals surface area contributed by atoms with Crippen LogP contribution >= 0.6 is 11.3 Å². The van der Waals surface area contributed by atoms with E-state index in [2.05, 4.69) is 5.32 Å². The lowest BCUT2D eigenvalue weighted by atomic mass is 10.1. The highest BCUT2D eigenvalue weighted by molar-refractivity contribution is 7.12. The van der Waals surface area contributed by atoms with Crippen molar-refractivity contribution in [2.45, 2.75) is 13.1 Å². The highest BCUT2D eigenvalue weighted by Crippen LogP contribution is 2.19. The summed E-state index contributed by atoms with van der Waals surface area (Å²) in [4.78, 5) is 29.5. The van der Waals surface area contributed by atoms with Gasteiger partial charge >= 0.3 is 0 Å². The number of hydrogen-bond donors (Lipinski definition) is 1. The monoisotopic (exact) mass is 341 g/mol. The van der Waals surface area contributed by atoms with E-state index in [-0.39, 0.29) is 11.8 Å². The molecule has 2 aromatic rings. The van der Waals surface area contributed by atoms with Crippen LogP contribution in [0.25, 0.3) is 0 Å². The predicted molar refractivity (Wildman–Crippen MR) is 93.1 cm³/mol. The van der Waals surface area contributed by atoms with E-state index in [1.165, 1.54) is 22.5 Å². The second-order valence-corrected chi connectivity index (χ2v) is 7.10. The number of nitrogens with zero attached hydrogens (tertiary/aromatic N) is 2. The molecule has 0 saturated carbocycles. The van der Waals surface area contributed by atoms with Gasteiger partial charge in [-0.25, -0.2) is 0 Å². The van der Waals surface area contributed by atoms with E-state index in [1.54, 1.807) is 0 Å². The second-order valence-electron chi connectivity index (χ2n) is 6.15. The molecule has 0 unspecified atom stereocenters. The van der Waals surface area contributed by atoms with Crippen LogP contribution in [0.1, 0.15) is 31.2 Å². The molecule has 0 aliphatic carbocycles. The number of carbonyl (C=O) groups excluding carboxylic acids is 2. The number of thiophene rings is 1. The van der Waals surface area contributed by atoms with Gasteiger partial charge in [0, 0.05) is 44.8 Å². The Labute approximate surface area is 144 Å². The lowest BCUT2D eigenvalue weighted by Crippen LogP contribution is -2.50. The van der Waals surface area contributed by atoms with Gasteiger partial charge in [-0.1, -0.05) is 12.1 Å². The van der Waals surface area contributed by atoms with E-state index in [4.69, 9.17) is 0 Å². The molecule has 0 radical (unpaired) electrons. The predicted octanol–water partition coefficient (Wildman–Crippen LogP) is 1.95. The van der Waals surface area contributed by atoms with Crippen LogP contribution in [0.5, 0.6) is 0 Å². The summed E-state index contributed by atoms with van der Waals surface area (Å²) >= 11 is 1.46. The first-order valence-corrected chi connectivity index (χ1v) is 9.05. The normalized spacial score (nSPS) is 17.0. The minimum atomic E-state index is 0.0629. The van der Waals surface area contributed by atoms with Crippen molar-refractivity contribution < 1.29 is 9.59 Å². The third kappa shape index (κ3) is 2.83. The molecule has 5 nitrogen and oxygen atoms in total. The van der Waals surface area contributed by atoms with Gasteiger partial charge in [-0.3, -0.25) is 9.59 Å². The van der Waals surface area contributed by atoms with Crippen LogP contribution in [0.3, 0.4) is 0 Å². The largest absolute Gasteiger partial charge is 0.335 e. The van der Waals surface area contributed by atoms with Crippen molar-refractivity contribution in [3.05, 3.63) is 57.3 Å². The van der Waals surface area contributed by atoms with Crippen molar-refractivity contribution in [1.29, 1.82) is 0 Å². The fraction of sp³-hybridized carbons (Fsp3) is 0.333. The minimum absolute atomic E-state index is 0.0629. The molecule has 24 heavy (non-hydrogen) atoms. The molecule has 4 rings (SSSR count). The van der Waals surface area contributed by atoms with Gasteiger partial charge in [-0.05, 0) is 34.7 Å². The Kier molecular flexibility index (Phi) is 4.08. The van der Waals surface area contributed by atoms with Crippen molar-refractivity contribution in [3.63, 3.8) is 0 Å². The van der Waals surface area contributed by atoms with Gasteiger partial charge in [0.2, 0.25) is 0 Å². The van der Waals surface area contributed by atoms with Gasteiger partial charge in [-0.15, -0.1) is 11.3 Å². The SMILES string of the molecule is O=C(c1ccc2c(c1)CNC2)N1CCN(C(=O)c2cccs2)CC1. The number of amides is 2. The van der Waals surface area contributed by atoms with E-state index in [0.717, 1.165) is 23.5 Å². The van der Waals surface area contributed by atoms with Crippen molar-refractivity contribution in [3.8, 4) is 0 Å². The summed E-state index contributed by atoms with van der Waals surface area (Å²) in [6, 6.07) is 9.70. The molecule has 2 aliphatic heterocycles. The zero-order chi connectivity index (χ0) is 16.5. The lowest BCUT2D eigenvalue weighted by molar-refractivity contribution is 0.0538. The average molecular weight is 341 g/mol. The van der Waals surface area contributed by atoms with Crippen molar-refractivity contribution >= 4 is 23.2 Å². The number of hydrogen-bond acceptors (Lipinski definition) is 4. The van der Waals surface area contributed by atoms with Crippen LogP contribution < -0.4 is 5.32 Å². The third-order valence-corrected chi connectivity index (χ3v) is 5.53. The smallest absolute Gasteiger partial charge is 0.264 e. The van der Waals surface area contributed by atoms with E-state index < -0.39 is 0 Å².